The van der Waals surface area contributed by atoms with Gasteiger partial charge in [-0.3, -0.25) is 9.69 Å². The second-order valence-corrected chi connectivity index (χ2v) is 10.1. The van der Waals surface area contributed by atoms with E-state index in [9.17, 15) is 4.79 Å². The van der Waals surface area contributed by atoms with E-state index in [1.165, 1.54) is 11.1 Å². The molecule has 0 aliphatic carbocycles. The maximum absolute atomic E-state index is 13.8. The largest absolute Gasteiger partial charge is 0.335 e. The van der Waals surface area contributed by atoms with Gasteiger partial charge in [0.1, 0.15) is 11.4 Å². The number of para-hydroxylation sites is 1. The summed E-state index contributed by atoms with van der Waals surface area (Å²) in [4.78, 5) is 19.4. The summed E-state index contributed by atoms with van der Waals surface area (Å²) in [5.41, 5.74) is 4.87. The highest BCUT2D eigenvalue weighted by atomic mass is 32.1. The van der Waals surface area contributed by atoms with Gasteiger partial charge in [-0.2, -0.15) is 5.10 Å². The van der Waals surface area contributed by atoms with Crippen molar-refractivity contribution in [1.82, 2.24) is 19.6 Å². The minimum Gasteiger partial charge on any atom is -0.335 e. The van der Waals surface area contributed by atoms with E-state index in [0.717, 1.165) is 29.3 Å². The highest BCUT2D eigenvalue weighted by Crippen LogP contribution is 2.30. The minimum atomic E-state index is 0.0229. The molecule has 5 nitrogen and oxygen atoms in total. The van der Waals surface area contributed by atoms with Crippen LogP contribution in [-0.4, -0.2) is 51.7 Å². The number of benzene rings is 3. The molecule has 0 N–H and O–H groups in total. The van der Waals surface area contributed by atoms with Gasteiger partial charge in [0.25, 0.3) is 5.91 Å². The number of rotatable bonds is 6. The van der Waals surface area contributed by atoms with Crippen molar-refractivity contribution in [3.05, 3.63) is 131 Å². The summed E-state index contributed by atoms with van der Waals surface area (Å²) < 4.78 is 1.79. The Labute approximate surface area is 221 Å². The number of piperazine rings is 1. The normalized spacial score (nSPS) is 14.2. The van der Waals surface area contributed by atoms with E-state index < -0.39 is 0 Å². The molecule has 184 valence electrons. The van der Waals surface area contributed by atoms with Crippen LogP contribution < -0.4 is 0 Å². The number of thiophene rings is 1. The summed E-state index contributed by atoms with van der Waals surface area (Å²) in [5, 5.41) is 6.87. The van der Waals surface area contributed by atoms with Crippen LogP contribution >= 0.6 is 11.3 Å². The predicted molar refractivity (Wildman–Crippen MR) is 149 cm³/mol. The van der Waals surface area contributed by atoms with Gasteiger partial charge in [0.15, 0.2) is 0 Å². The van der Waals surface area contributed by atoms with E-state index in [1.54, 1.807) is 16.0 Å². The summed E-state index contributed by atoms with van der Waals surface area (Å²) in [5.74, 6) is 0.0229. The first-order valence-corrected chi connectivity index (χ1v) is 13.5. The summed E-state index contributed by atoms with van der Waals surface area (Å²) in [6.45, 7) is 2.95. The summed E-state index contributed by atoms with van der Waals surface area (Å²) >= 11 is 1.63. The number of aromatic nitrogens is 2. The molecule has 0 spiro atoms. The van der Waals surface area contributed by atoms with Gasteiger partial charge in [-0.25, -0.2) is 4.68 Å². The highest BCUT2D eigenvalue weighted by Gasteiger charge is 2.30. The van der Waals surface area contributed by atoms with E-state index in [0.29, 0.717) is 18.8 Å². The lowest BCUT2D eigenvalue weighted by Gasteiger charge is -2.39. The first kappa shape index (κ1) is 23.4. The zero-order chi connectivity index (χ0) is 25.0. The van der Waals surface area contributed by atoms with Crippen molar-refractivity contribution in [1.29, 1.82) is 0 Å². The van der Waals surface area contributed by atoms with Gasteiger partial charge in [0.05, 0.1) is 16.6 Å². The molecule has 0 bridgehead atoms. The van der Waals surface area contributed by atoms with Crippen molar-refractivity contribution in [3.8, 4) is 16.3 Å². The van der Waals surface area contributed by atoms with Crippen LogP contribution in [-0.2, 0) is 0 Å². The van der Waals surface area contributed by atoms with Gasteiger partial charge in [0.2, 0.25) is 0 Å². The lowest BCUT2D eigenvalue weighted by Crippen LogP contribution is -2.50. The molecule has 1 fully saturated rings. The predicted octanol–water partition coefficient (Wildman–Crippen LogP) is 6.15. The van der Waals surface area contributed by atoms with Crippen LogP contribution in [0.4, 0.5) is 0 Å². The monoisotopic (exact) mass is 504 g/mol. The summed E-state index contributed by atoms with van der Waals surface area (Å²) in [6.07, 6.45) is 0. The molecule has 1 aliphatic rings. The Balaban J connectivity index is 1.26. The van der Waals surface area contributed by atoms with E-state index >= 15 is 0 Å². The van der Waals surface area contributed by atoms with E-state index in [2.05, 4.69) is 65.6 Å². The molecule has 1 aliphatic heterocycles. The zero-order valence-electron chi connectivity index (χ0n) is 20.5. The molecular formula is C31H28N4OS. The zero-order valence-corrected chi connectivity index (χ0v) is 21.3. The highest BCUT2D eigenvalue weighted by molar-refractivity contribution is 7.13. The second kappa shape index (κ2) is 10.5. The van der Waals surface area contributed by atoms with Crippen LogP contribution in [0.2, 0.25) is 0 Å². The van der Waals surface area contributed by atoms with Gasteiger partial charge in [0, 0.05) is 26.2 Å². The molecule has 3 aromatic carbocycles. The van der Waals surface area contributed by atoms with E-state index in [4.69, 9.17) is 5.10 Å². The Morgan fingerprint density at radius 1 is 0.730 bits per heavy atom. The Kier molecular flexibility index (Phi) is 6.67. The average molecular weight is 505 g/mol. The third-order valence-corrected chi connectivity index (χ3v) is 7.79. The molecule has 2 aromatic heterocycles. The van der Waals surface area contributed by atoms with Crippen molar-refractivity contribution in [2.45, 2.75) is 6.04 Å². The fourth-order valence-corrected chi connectivity index (χ4v) is 5.76. The first-order chi connectivity index (χ1) is 18.3. The van der Waals surface area contributed by atoms with Crippen LogP contribution in [0.15, 0.2) is 115 Å². The van der Waals surface area contributed by atoms with Gasteiger partial charge in [-0.05, 0) is 40.8 Å². The molecule has 3 heterocycles. The van der Waals surface area contributed by atoms with E-state index in [1.807, 2.05) is 58.8 Å². The van der Waals surface area contributed by atoms with E-state index in [-0.39, 0.29) is 11.9 Å². The number of nitrogens with zero attached hydrogens (tertiary/aromatic N) is 4. The number of amides is 1. The topological polar surface area (TPSA) is 41.4 Å². The third kappa shape index (κ3) is 4.86. The molecule has 6 heteroatoms. The molecule has 0 radical (unpaired) electrons. The second-order valence-electron chi connectivity index (χ2n) is 9.19. The molecule has 0 atom stereocenters. The Morgan fingerprint density at radius 2 is 1.32 bits per heavy atom. The number of hydrogen-bond acceptors (Lipinski definition) is 4. The Hall–Kier alpha value is -4.00. The number of hydrogen-bond donors (Lipinski definition) is 0. The van der Waals surface area contributed by atoms with Crippen molar-refractivity contribution in [2.24, 2.45) is 0 Å². The smallest absolute Gasteiger partial charge is 0.272 e. The van der Waals surface area contributed by atoms with Gasteiger partial charge in [-0.15, -0.1) is 11.3 Å². The maximum atomic E-state index is 13.8. The minimum absolute atomic E-state index is 0.0229. The average Bonchev–Trinajstić information content (AvgIpc) is 3.66. The molecule has 0 unspecified atom stereocenters. The number of carbonyl (C=O) groups is 1. The number of carbonyl (C=O) groups excluding carboxylic acids is 1. The van der Waals surface area contributed by atoms with Crippen LogP contribution in [0.3, 0.4) is 0 Å². The fourth-order valence-electron chi connectivity index (χ4n) is 5.07. The van der Waals surface area contributed by atoms with Crippen molar-refractivity contribution in [2.75, 3.05) is 26.2 Å². The molecule has 37 heavy (non-hydrogen) atoms. The lowest BCUT2D eigenvalue weighted by molar-refractivity contribution is 0.0589. The summed E-state index contributed by atoms with van der Waals surface area (Å²) in [7, 11) is 0. The van der Waals surface area contributed by atoms with Crippen LogP contribution in [0.1, 0.15) is 27.7 Å². The molecular weight excluding hydrogens is 476 g/mol. The summed E-state index contributed by atoms with van der Waals surface area (Å²) in [6, 6.07) is 37.3. The molecule has 1 amide bonds. The van der Waals surface area contributed by atoms with Crippen LogP contribution in [0.25, 0.3) is 16.3 Å². The third-order valence-electron chi connectivity index (χ3n) is 6.90. The standard InChI is InChI=1S/C31H28N4OS/c36-31(28-23-27(29-17-10-22-37-29)32-35(28)26-15-8-3-9-16-26)34-20-18-33(19-21-34)30(24-11-4-1-5-12-24)25-13-6-2-7-14-25/h1-17,22-23,30H,18-21H2. The van der Waals surface area contributed by atoms with Gasteiger partial charge < -0.3 is 4.90 Å². The fraction of sp³-hybridized carbons (Fsp3) is 0.161. The van der Waals surface area contributed by atoms with Gasteiger partial charge in [-0.1, -0.05) is 84.9 Å². The maximum Gasteiger partial charge on any atom is 0.272 e. The van der Waals surface area contributed by atoms with Crippen LogP contribution in [0, 0.1) is 0 Å². The van der Waals surface area contributed by atoms with Crippen molar-refractivity contribution in [3.63, 3.8) is 0 Å². The molecule has 1 saturated heterocycles. The SMILES string of the molecule is O=C(c1cc(-c2cccs2)nn1-c1ccccc1)N1CCN(C(c2ccccc2)c2ccccc2)CC1. The van der Waals surface area contributed by atoms with Gasteiger partial charge >= 0.3 is 0 Å². The Bertz CT molecular complexity index is 1400. The Morgan fingerprint density at radius 3 is 1.89 bits per heavy atom. The molecule has 5 aromatic rings. The van der Waals surface area contributed by atoms with Crippen LogP contribution in [0.5, 0.6) is 0 Å². The molecule has 6 rings (SSSR count). The lowest BCUT2D eigenvalue weighted by atomic mass is 9.96. The first-order valence-electron chi connectivity index (χ1n) is 12.6. The van der Waals surface area contributed by atoms with Crippen molar-refractivity contribution >= 4 is 17.2 Å². The molecule has 0 saturated carbocycles. The van der Waals surface area contributed by atoms with Crippen molar-refractivity contribution < 1.29 is 4.79 Å². The quantitative estimate of drug-likeness (QED) is 0.279.